The summed E-state index contributed by atoms with van der Waals surface area (Å²) in [6, 6.07) is 2.50. The fourth-order valence-electron chi connectivity index (χ4n) is 2.40. The van der Waals surface area contributed by atoms with Crippen LogP contribution in [0.1, 0.15) is 26.3 Å². The van der Waals surface area contributed by atoms with Gasteiger partial charge in [0, 0.05) is 25.7 Å². The molecule has 0 spiro atoms. The van der Waals surface area contributed by atoms with Crippen molar-refractivity contribution in [3.05, 3.63) is 29.3 Å². The van der Waals surface area contributed by atoms with Gasteiger partial charge in [-0.2, -0.15) is 0 Å². The molecule has 0 saturated carbocycles. The van der Waals surface area contributed by atoms with Crippen molar-refractivity contribution in [1.82, 2.24) is 0 Å². The maximum atomic E-state index is 14.2. The van der Waals surface area contributed by atoms with Crippen LogP contribution in [0.5, 0.6) is 0 Å². The van der Waals surface area contributed by atoms with Crippen molar-refractivity contribution in [2.45, 2.75) is 39.3 Å². The van der Waals surface area contributed by atoms with Crippen LogP contribution in [0.25, 0.3) is 0 Å². The number of benzene rings is 1. The smallest absolute Gasteiger partial charge is 0.149 e. The molecule has 0 bridgehead atoms. The van der Waals surface area contributed by atoms with Crippen molar-refractivity contribution in [1.29, 1.82) is 0 Å². The van der Waals surface area contributed by atoms with Gasteiger partial charge in [-0.05, 0) is 44.9 Å². The Morgan fingerprint density at radius 2 is 1.80 bits per heavy atom. The molecule has 0 aromatic heterocycles. The molecule has 1 rings (SSSR count). The third-order valence-electron chi connectivity index (χ3n) is 3.20. The van der Waals surface area contributed by atoms with Crippen LogP contribution < -0.4 is 10.6 Å². The molecule has 20 heavy (non-hydrogen) atoms. The van der Waals surface area contributed by atoms with E-state index in [1.807, 2.05) is 20.8 Å². The average molecular weight is 286 g/mol. The number of ether oxygens (including phenoxy) is 1. The summed E-state index contributed by atoms with van der Waals surface area (Å²) < 4.78 is 33.5. The van der Waals surface area contributed by atoms with Crippen LogP contribution in [0.2, 0.25) is 0 Å². The summed E-state index contributed by atoms with van der Waals surface area (Å²) in [5.74, 6) is -1.10. The van der Waals surface area contributed by atoms with Crippen LogP contribution in [-0.4, -0.2) is 32.3 Å². The number of hydrogen-bond acceptors (Lipinski definition) is 3. The lowest BCUT2D eigenvalue weighted by Gasteiger charge is -2.30. The van der Waals surface area contributed by atoms with Gasteiger partial charge in [0.15, 0.2) is 0 Å². The predicted octanol–water partition coefficient (Wildman–Crippen LogP) is 2.72. The van der Waals surface area contributed by atoms with Gasteiger partial charge < -0.3 is 15.4 Å². The Kier molecular flexibility index (Phi) is 6.36. The Morgan fingerprint density at radius 3 is 2.20 bits per heavy atom. The number of anilines is 1. The fourth-order valence-corrected chi connectivity index (χ4v) is 2.40. The molecule has 0 amide bonds. The molecule has 0 heterocycles. The van der Waals surface area contributed by atoms with E-state index in [-0.39, 0.29) is 17.8 Å². The van der Waals surface area contributed by atoms with E-state index >= 15 is 0 Å². The number of methoxy groups -OCH3 is 1. The fraction of sp³-hybridized carbons (Fsp3) is 0.600. The highest BCUT2D eigenvalue weighted by atomic mass is 19.1. The normalized spacial score (nSPS) is 14.2. The lowest BCUT2D eigenvalue weighted by atomic mass is 10.1. The second-order valence-corrected chi connectivity index (χ2v) is 5.18. The molecule has 114 valence electrons. The monoisotopic (exact) mass is 286 g/mol. The Labute approximate surface area is 119 Å². The number of nitrogens with two attached hydrogens (primary N) is 1. The van der Waals surface area contributed by atoms with Gasteiger partial charge in [0.1, 0.15) is 17.3 Å². The second kappa shape index (κ2) is 7.55. The summed E-state index contributed by atoms with van der Waals surface area (Å²) in [5.41, 5.74) is 6.25. The first-order valence-corrected chi connectivity index (χ1v) is 6.89. The molecular formula is C15H24F2N2O. The van der Waals surface area contributed by atoms with Crippen molar-refractivity contribution in [2.24, 2.45) is 5.73 Å². The van der Waals surface area contributed by atoms with Gasteiger partial charge >= 0.3 is 0 Å². The molecule has 0 saturated heterocycles. The van der Waals surface area contributed by atoms with Gasteiger partial charge in [-0.15, -0.1) is 0 Å². The average Bonchev–Trinajstić information content (AvgIpc) is 2.32. The van der Waals surface area contributed by atoms with Gasteiger partial charge in [0.2, 0.25) is 0 Å². The zero-order valence-corrected chi connectivity index (χ0v) is 12.6. The molecule has 0 aliphatic heterocycles. The SMILES string of the molecule is CCN(c1c(F)cc(CC(C)N)cc1F)C(C)COC. The van der Waals surface area contributed by atoms with Gasteiger partial charge in [0.25, 0.3) is 0 Å². The van der Waals surface area contributed by atoms with Crippen molar-refractivity contribution in [2.75, 3.05) is 25.2 Å². The maximum Gasteiger partial charge on any atom is 0.149 e. The zero-order chi connectivity index (χ0) is 15.3. The van der Waals surface area contributed by atoms with E-state index in [9.17, 15) is 8.78 Å². The van der Waals surface area contributed by atoms with Crippen molar-refractivity contribution in [3.63, 3.8) is 0 Å². The maximum absolute atomic E-state index is 14.2. The summed E-state index contributed by atoms with van der Waals surface area (Å²) in [6.45, 7) is 6.46. The van der Waals surface area contributed by atoms with E-state index in [2.05, 4.69) is 0 Å². The van der Waals surface area contributed by atoms with Crippen molar-refractivity contribution in [3.8, 4) is 0 Å². The van der Waals surface area contributed by atoms with E-state index in [0.717, 1.165) is 0 Å². The first kappa shape index (κ1) is 16.9. The van der Waals surface area contributed by atoms with Crippen LogP contribution in [-0.2, 0) is 11.2 Å². The van der Waals surface area contributed by atoms with Crippen LogP contribution in [0.3, 0.4) is 0 Å². The summed E-state index contributed by atoms with van der Waals surface area (Å²) in [5, 5.41) is 0. The molecule has 2 N–H and O–H groups in total. The highest BCUT2D eigenvalue weighted by Crippen LogP contribution is 2.27. The van der Waals surface area contributed by atoms with Gasteiger partial charge in [-0.25, -0.2) is 8.78 Å². The quantitative estimate of drug-likeness (QED) is 0.837. The number of nitrogens with zero attached hydrogens (tertiary/aromatic N) is 1. The van der Waals surface area contributed by atoms with E-state index in [1.54, 1.807) is 12.0 Å². The van der Waals surface area contributed by atoms with E-state index in [0.29, 0.717) is 25.1 Å². The molecule has 0 aliphatic carbocycles. The van der Waals surface area contributed by atoms with Crippen LogP contribution >= 0.6 is 0 Å². The topological polar surface area (TPSA) is 38.5 Å². The van der Waals surface area contributed by atoms with Gasteiger partial charge in [-0.1, -0.05) is 0 Å². The first-order valence-electron chi connectivity index (χ1n) is 6.89. The summed E-state index contributed by atoms with van der Waals surface area (Å²) >= 11 is 0. The molecule has 3 nitrogen and oxygen atoms in total. The molecule has 0 radical (unpaired) electrons. The Morgan fingerprint density at radius 1 is 1.25 bits per heavy atom. The van der Waals surface area contributed by atoms with Crippen molar-refractivity contribution < 1.29 is 13.5 Å². The molecule has 2 atom stereocenters. The van der Waals surface area contributed by atoms with E-state index < -0.39 is 11.6 Å². The van der Waals surface area contributed by atoms with Gasteiger partial charge in [0.05, 0.1) is 6.61 Å². The number of likely N-dealkylation sites (N-methyl/N-ethyl adjacent to an activating group) is 1. The largest absolute Gasteiger partial charge is 0.383 e. The molecule has 0 fully saturated rings. The van der Waals surface area contributed by atoms with E-state index in [1.165, 1.54) is 12.1 Å². The van der Waals surface area contributed by atoms with Crippen LogP contribution in [0, 0.1) is 11.6 Å². The molecule has 5 heteroatoms. The zero-order valence-electron chi connectivity index (χ0n) is 12.6. The molecule has 2 unspecified atom stereocenters. The Bertz CT molecular complexity index is 415. The van der Waals surface area contributed by atoms with Crippen LogP contribution in [0.4, 0.5) is 14.5 Å². The summed E-state index contributed by atoms with van der Waals surface area (Å²) in [6.07, 6.45) is 0.452. The standard InChI is InChI=1S/C15H24F2N2O/c1-5-19(11(3)9-20-4)15-13(16)7-12(6-10(2)18)8-14(15)17/h7-8,10-11H,5-6,9,18H2,1-4H3. The molecule has 0 aliphatic rings. The minimum atomic E-state index is -0.551. The molecule has 1 aromatic rings. The molecule has 1 aromatic carbocycles. The Balaban J connectivity index is 3.10. The minimum Gasteiger partial charge on any atom is -0.383 e. The van der Waals surface area contributed by atoms with Crippen molar-refractivity contribution >= 4 is 5.69 Å². The van der Waals surface area contributed by atoms with Gasteiger partial charge in [-0.3, -0.25) is 0 Å². The van der Waals surface area contributed by atoms with Crippen LogP contribution in [0.15, 0.2) is 12.1 Å². The number of hydrogen-bond donors (Lipinski definition) is 1. The van der Waals surface area contributed by atoms with E-state index in [4.69, 9.17) is 10.5 Å². The number of rotatable bonds is 7. The Hall–Kier alpha value is -1.20. The summed E-state index contributed by atoms with van der Waals surface area (Å²) in [4.78, 5) is 1.67. The lowest BCUT2D eigenvalue weighted by molar-refractivity contribution is 0.181. The summed E-state index contributed by atoms with van der Waals surface area (Å²) in [7, 11) is 1.57. The first-order chi connectivity index (χ1) is 9.40. The minimum absolute atomic E-state index is 0.00507. The second-order valence-electron chi connectivity index (χ2n) is 5.18. The highest BCUT2D eigenvalue weighted by Gasteiger charge is 2.21. The highest BCUT2D eigenvalue weighted by molar-refractivity contribution is 5.51. The molecular weight excluding hydrogens is 262 g/mol. The number of halogens is 2. The third-order valence-corrected chi connectivity index (χ3v) is 3.20. The lowest BCUT2D eigenvalue weighted by Crippen LogP contribution is -2.37. The third kappa shape index (κ3) is 4.15. The predicted molar refractivity (Wildman–Crippen MR) is 78.1 cm³/mol.